The van der Waals surface area contributed by atoms with Crippen molar-refractivity contribution in [2.45, 2.75) is 19.6 Å². The lowest BCUT2D eigenvalue weighted by atomic mass is 10.1. The van der Waals surface area contributed by atoms with Crippen LogP contribution in [0.15, 0.2) is 56.8 Å². The maximum atomic E-state index is 14.9. The predicted molar refractivity (Wildman–Crippen MR) is 161 cm³/mol. The summed E-state index contributed by atoms with van der Waals surface area (Å²) in [5, 5.41) is 22.2. The number of anilines is 3. The van der Waals surface area contributed by atoms with E-state index in [-0.39, 0.29) is 39.3 Å². The molecule has 0 aliphatic carbocycles. The van der Waals surface area contributed by atoms with Gasteiger partial charge >= 0.3 is 5.69 Å². The minimum absolute atomic E-state index is 0.0365. The van der Waals surface area contributed by atoms with Gasteiger partial charge in [-0.3, -0.25) is 23.4 Å². The largest absolute Gasteiger partial charge is 0.394 e. The number of pyridine rings is 1. The Balaban J connectivity index is 2.15. The van der Waals surface area contributed by atoms with E-state index in [1.807, 2.05) is 22.6 Å². The number of fused-ring (bicyclic) bond motifs is 1. The number of hydrogen-bond acceptors (Lipinski definition) is 8. The number of aromatic nitrogens is 3. The molecule has 2 aromatic carbocycles. The third kappa shape index (κ3) is 5.91. The Labute approximate surface area is 246 Å². The highest BCUT2D eigenvalue weighted by Crippen LogP contribution is 2.28. The first-order chi connectivity index (χ1) is 19.3. The number of aliphatic hydroxyl groups is 2. The van der Waals surface area contributed by atoms with Crippen molar-refractivity contribution in [2.75, 3.05) is 23.7 Å². The van der Waals surface area contributed by atoms with Crippen LogP contribution >= 0.6 is 22.6 Å². The van der Waals surface area contributed by atoms with E-state index in [0.717, 1.165) is 9.13 Å². The van der Waals surface area contributed by atoms with Crippen LogP contribution < -0.4 is 31.6 Å². The molecule has 5 N–H and O–H groups in total. The van der Waals surface area contributed by atoms with Gasteiger partial charge in [-0.2, -0.15) is 8.42 Å². The minimum atomic E-state index is -3.93. The van der Waals surface area contributed by atoms with Crippen LogP contribution in [0.4, 0.5) is 21.5 Å². The van der Waals surface area contributed by atoms with E-state index in [0.29, 0.717) is 8.14 Å². The topological polar surface area (TPSA) is 177 Å². The lowest BCUT2D eigenvalue weighted by Gasteiger charge is -2.21. The molecule has 0 bridgehead atoms. The molecule has 0 aliphatic heterocycles. The van der Waals surface area contributed by atoms with Crippen molar-refractivity contribution in [3.63, 3.8) is 0 Å². The van der Waals surface area contributed by atoms with Crippen molar-refractivity contribution < 1.29 is 23.0 Å². The van der Waals surface area contributed by atoms with Crippen LogP contribution in [-0.4, -0.2) is 52.1 Å². The fraction of sp³-hybridized carbons (Fsp3) is 0.240. The fourth-order valence-electron chi connectivity index (χ4n) is 4.28. The van der Waals surface area contributed by atoms with Gasteiger partial charge in [0.15, 0.2) is 0 Å². The van der Waals surface area contributed by atoms with E-state index in [2.05, 4.69) is 14.8 Å². The summed E-state index contributed by atoms with van der Waals surface area (Å²) in [6.07, 6.45) is -1.49. The Morgan fingerprint density at radius 2 is 1.80 bits per heavy atom. The van der Waals surface area contributed by atoms with Gasteiger partial charge in [0.05, 0.1) is 42.0 Å². The molecule has 0 aliphatic rings. The predicted octanol–water partition coefficient (Wildman–Crippen LogP) is 0.876. The molecule has 16 heteroatoms. The summed E-state index contributed by atoms with van der Waals surface area (Å²) < 4.78 is 46.8. The maximum absolute atomic E-state index is 14.9. The van der Waals surface area contributed by atoms with E-state index in [1.165, 1.54) is 57.4 Å². The average Bonchev–Trinajstić information content (AvgIpc) is 2.93. The molecule has 2 aromatic heterocycles. The molecular formula is C25H26FIN6O7S. The monoisotopic (exact) mass is 700 g/mol. The normalized spacial score (nSPS) is 12.5. The summed E-state index contributed by atoms with van der Waals surface area (Å²) in [4.78, 5) is 41.0. The van der Waals surface area contributed by atoms with Gasteiger partial charge in [0.1, 0.15) is 16.9 Å². The number of rotatable bonds is 9. The zero-order valence-corrected chi connectivity index (χ0v) is 24.9. The smallest absolute Gasteiger partial charge is 0.337 e. The van der Waals surface area contributed by atoms with Gasteiger partial charge in [-0.15, -0.1) is 0 Å². The van der Waals surface area contributed by atoms with E-state index >= 15 is 0 Å². The molecule has 0 amide bonds. The van der Waals surface area contributed by atoms with E-state index in [1.54, 1.807) is 6.07 Å². The highest BCUT2D eigenvalue weighted by atomic mass is 127. The van der Waals surface area contributed by atoms with Crippen molar-refractivity contribution in [1.82, 2.24) is 18.4 Å². The molecular weight excluding hydrogens is 674 g/mol. The van der Waals surface area contributed by atoms with Crippen LogP contribution in [0.25, 0.3) is 16.7 Å². The number of halogens is 2. The van der Waals surface area contributed by atoms with Gasteiger partial charge in [-0.05, 0) is 65.9 Å². The van der Waals surface area contributed by atoms with Crippen molar-refractivity contribution in [1.29, 1.82) is 0 Å². The zero-order valence-electron chi connectivity index (χ0n) is 22.0. The summed E-state index contributed by atoms with van der Waals surface area (Å²) >= 11 is 1.93. The molecule has 0 saturated heterocycles. The van der Waals surface area contributed by atoms with Crippen molar-refractivity contribution >= 4 is 60.9 Å². The molecule has 4 aromatic rings. The van der Waals surface area contributed by atoms with Crippen molar-refractivity contribution in [3.8, 4) is 5.69 Å². The van der Waals surface area contributed by atoms with E-state index < -0.39 is 52.1 Å². The third-order valence-corrected chi connectivity index (χ3v) is 8.02. The summed E-state index contributed by atoms with van der Waals surface area (Å²) in [5.74, 6) is -0.654. The number of nitrogens with zero attached hydrogens (tertiary/aromatic N) is 3. The number of benzene rings is 2. The second kappa shape index (κ2) is 11.7. The van der Waals surface area contributed by atoms with Gasteiger partial charge in [0.2, 0.25) is 0 Å². The molecule has 13 nitrogen and oxygen atoms in total. The molecule has 0 spiro atoms. The van der Waals surface area contributed by atoms with E-state index in [9.17, 15) is 37.4 Å². The minimum Gasteiger partial charge on any atom is -0.394 e. The number of aliphatic hydroxyl groups excluding tert-OH is 2. The SMILES string of the molecule is CNS(=O)(=O)Nc1cccc(-n2c(=O)n(C[C@H](O)CO)c(=O)c3c(Nc4ccc(I)cc4F)c(C)c(=O)n(C)c32)c1. The Morgan fingerprint density at radius 1 is 1.10 bits per heavy atom. The molecule has 0 unspecified atom stereocenters. The first-order valence-electron chi connectivity index (χ1n) is 12.0. The van der Waals surface area contributed by atoms with Crippen molar-refractivity contribution in [3.05, 3.63) is 88.6 Å². The molecule has 0 saturated carbocycles. The van der Waals surface area contributed by atoms with Crippen LogP contribution in [0.5, 0.6) is 0 Å². The van der Waals surface area contributed by atoms with Gasteiger partial charge < -0.3 is 15.5 Å². The summed E-state index contributed by atoms with van der Waals surface area (Å²) in [7, 11) is -1.38. The summed E-state index contributed by atoms with van der Waals surface area (Å²) in [6, 6.07) is 9.94. The Kier molecular flexibility index (Phi) is 8.69. The number of aryl methyl sites for hydroxylation is 1. The van der Waals surface area contributed by atoms with Gasteiger partial charge in [-0.1, -0.05) is 6.07 Å². The standard InChI is InChI=1S/C25H26FIN6O7S/c1-13-21(29-19-8-7-14(27)9-18(19)26)20-22(31(3)23(13)36)33(25(38)32(24(20)37)11-17(35)12-34)16-6-4-5-15(10-16)30-41(39,40)28-2/h4-10,17,28-30,34-35H,11-12H2,1-3H3/t17-/m0/s1. The molecule has 1 atom stereocenters. The summed E-state index contributed by atoms with van der Waals surface area (Å²) in [5.41, 5.74) is -2.60. The second-order valence-corrected chi connectivity index (χ2v) is 11.9. The number of nitrogens with one attached hydrogen (secondary N) is 3. The molecule has 4 rings (SSSR count). The van der Waals surface area contributed by atoms with Crippen LogP contribution in [0.3, 0.4) is 0 Å². The lowest BCUT2D eigenvalue weighted by Crippen LogP contribution is -2.44. The number of hydrogen-bond donors (Lipinski definition) is 5. The van der Waals surface area contributed by atoms with Gasteiger partial charge in [0, 0.05) is 23.2 Å². The molecule has 218 valence electrons. The van der Waals surface area contributed by atoms with Crippen LogP contribution in [-0.2, 0) is 23.8 Å². The molecule has 2 heterocycles. The quantitative estimate of drug-likeness (QED) is 0.160. The molecule has 0 fully saturated rings. The van der Waals surface area contributed by atoms with Gasteiger partial charge in [-0.25, -0.2) is 18.5 Å². The molecule has 0 radical (unpaired) electrons. The third-order valence-electron chi connectivity index (χ3n) is 6.30. The molecule has 41 heavy (non-hydrogen) atoms. The average molecular weight is 700 g/mol. The lowest BCUT2D eigenvalue weighted by molar-refractivity contribution is 0.0792. The maximum Gasteiger partial charge on any atom is 0.337 e. The van der Waals surface area contributed by atoms with Crippen LogP contribution in [0, 0.1) is 16.3 Å². The van der Waals surface area contributed by atoms with Crippen LogP contribution in [0.2, 0.25) is 0 Å². The van der Waals surface area contributed by atoms with Crippen LogP contribution in [0.1, 0.15) is 5.56 Å². The first kappa shape index (κ1) is 30.4. The fourth-order valence-corrected chi connectivity index (χ4v) is 5.27. The Morgan fingerprint density at radius 3 is 2.44 bits per heavy atom. The summed E-state index contributed by atoms with van der Waals surface area (Å²) in [6.45, 7) is 0.0789. The first-order valence-corrected chi connectivity index (χ1v) is 14.6. The second-order valence-electron chi connectivity index (χ2n) is 9.04. The Bertz CT molecular complexity index is 1960. The highest BCUT2D eigenvalue weighted by molar-refractivity contribution is 14.1. The van der Waals surface area contributed by atoms with E-state index in [4.69, 9.17) is 0 Å². The Hall–Kier alpha value is -3.58. The van der Waals surface area contributed by atoms with Crippen molar-refractivity contribution in [2.24, 2.45) is 7.05 Å². The highest BCUT2D eigenvalue weighted by Gasteiger charge is 2.25. The zero-order chi connectivity index (χ0) is 30.2. The van der Waals surface area contributed by atoms with Gasteiger partial charge in [0.25, 0.3) is 21.3 Å².